The average Bonchev–Trinajstić information content (AvgIpc) is 3.61. The van der Waals surface area contributed by atoms with E-state index in [0.717, 1.165) is 53.0 Å². The van der Waals surface area contributed by atoms with E-state index in [0.29, 0.717) is 29.2 Å². The highest BCUT2D eigenvalue weighted by atomic mass is 35.5. The Hall–Kier alpha value is -4.57. The van der Waals surface area contributed by atoms with Crippen molar-refractivity contribution in [1.82, 2.24) is 34.1 Å². The molecule has 10 nitrogen and oxygen atoms in total. The van der Waals surface area contributed by atoms with Crippen LogP contribution in [-0.4, -0.2) is 40.0 Å². The van der Waals surface area contributed by atoms with Gasteiger partial charge in [-0.25, -0.2) is 4.98 Å². The van der Waals surface area contributed by atoms with Gasteiger partial charge in [-0.15, -0.1) is 0 Å². The number of nitrogens with zero attached hydrogens (tertiary/aromatic N) is 7. The maximum Gasteiger partial charge on any atom is 0.254 e. The van der Waals surface area contributed by atoms with E-state index < -0.39 is 0 Å². The number of hydrogen-bond acceptors (Lipinski definition) is 6. The average molecular weight is 597 g/mol. The van der Waals surface area contributed by atoms with Gasteiger partial charge in [-0.1, -0.05) is 37.9 Å². The summed E-state index contributed by atoms with van der Waals surface area (Å²) in [5, 5.41) is 12.4. The molecule has 1 aliphatic rings. The lowest BCUT2D eigenvalue weighted by Crippen LogP contribution is -2.27. The van der Waals surface area contributed by atoms with Crippen molar-refractivity contribution in [2.45, 2.75) is 52.1 Å². The maximum atomic E-state index is 13.8. The van der Waals surface area contributed by atoms with Crippen LogP contribution in [0, 0.1) is 5.92 Å². The van der Waals surface area contributed by atoms with Gasteiger partial charge in [-0.2, -0.15) is 10.2 Å². The molecule has 6 rings (SSSR count). The number of amides is 1. The van der Waals surface area contributed by atoms with Gasteiger partial charge >= 0.3 is 0 Å². The molecule has 43 heavy (non-hydrogen) atoms. The molecule has 0 aliphatic carbocycles. The smallest absolute Gasteiger partial charge is 0.254 e. The van der Waals surface area contributed by atoms with Crippen molar-refractivity contribution in [1.29, 1.82) is 0 Å². The molecular weight excluding hydrogens is 564 g/mol. The Morgan fingerprint density at radius 3 is 2.67 bits per heavy atom. The summed E-state index contributed by atoms with van der Waals surface area (Å²) < 4.78 is 5.28. The van der Waals surface area contributed by atoms with Gasteiger partial charge in [0.2, 0.25) is 5.91 Å². The number of nitrogens with one attached hydrogen (secondary N) is 1. The van der Waals surface area contributed by atoms with E-state index in [1.165, 1.54) is 0 Å². The van der Waals surface area contributed by atoms with Crippen molar-refractivity contribution in [2.75, 3.05) is 5.32 Å². The number of anilines is 1. The number of carbonyl (C=O) groups is 1. The number of benzene rings is 1. The molecule has 220 valence electrons. The normalized spacial score (nSPS) is 17.1. The molecule has 1 aliphatic heterocycles. The van der Waals surface area contributed by atoms with Gasteiger partial charge in [0.05, 0.1) is 47.5 Å². The Morgan fingerprint density at radius 1 is 1.00 bits per heavy atom. The van der Waals surface area contributed by atoms with Gasteiger partial charge in [-0.05, 0) is 49.1 Å². The molecule has 5 aromatic rings. The Balaban J connectivity index is 1.41. The first-order valence-corrected chi connectivity index (χ1v) is 14.9. The number of fused-ring (bicyclic) bond motifs is 4. The minimum absolute atomic E-state index is 0.0543. The number of halogens is 1. The number of hydrogen-bond donors (Lipinski definition) is 1. The van der Waals surface area contributed by atoms with Gasteiger partial charge in [0.1, 0.15) is 0 Å². The van der Waals surface area contributed by atoms with Crippen molar-refractivity contribution >= 4 is 23.2 Å². The van der Waals surface area contributed by atoms with Crippen molar-refractivity contribution in [3.8, 4) is 33.6 Å². The highest BCUT2D eigenvalue weighted by molar-refractivity contribution is 6.31. The van der Waals surface area contributed by atoms with Crippen molar-refractivity contribution in [3.63, 3.8) is 0 Å². The Kier molecular flexibility index (Phi) is 7.94. The highest BCUT2D eigenvalue weighted by Gasteiger charge is 2.24. The van der Waals surface area contributed by atoms with Crippen LogP contribution in [0.25, 0.3) is 33.6 Å². The van der Waals surface area contributed by atoms with Crippen LogP contribution in [0.3, 0.4) is 0 Å². The standard InChI is InChI=1S/C32H33ClN8O2/c1-4-12-40-18-22(16-37-40)24-9-8-23(33)14-25(24)26-15-30(42)41(19-35-26)29-7-5-6-20(2)32(43)38-28-17-36-39(3)31(28)21-10-11-34-27(29)13-21/h8-11,13-20,29H,4-7,12H2,1-3H3,(H,38,43)/t20-,29+/m1/s1. The molecule has 4 aromatic heterocycles. The number of rotatable bonds is 5. The molecular formula is C32H33ClN8O2. The largest absolute Gasteiger partial charge is 0.323 e. The number of pyridine rings is 1. The lowest BCUT2D eigenvalue weighted by Gasteiger charge is -2.22. The van der Waals surface area contributed by atoms with Crippen LogP contribution in [0.4, 0.5) is 5.69 Å². The predicted octanol–water partition coefficient (Wildman–Crippen LogP) is 5.98. The van der Waals surface area contributed by atoms with Crippen LogP contribution >= 0.6 is 11.6 Å². The van der Waals surface area contributed by atoms with Crippen LogP contribution in [0.2, 0.25) is 5.02 Å². The SMILES string of the molecule is CCCn1cc(-c2ccc(Cl)cc2-c2cc(=O)n([C@H]3CCC[C@@H](C)C(=O)Nc4cnn(C)c4-c4ccnc3c4)cn2)cn1. The summed E-state index contributed by atoms with van der Waals surface area (Å²) in [6.45, 7) is 4.84. The molecule has 5 heterocycles. The minimum atomic E-state index is -0.369. The van der Waals surface area contributed by atoms with Gasteiger partial charge in [0.25, 0.3) is 5.56 Å². The van der Waals surface area contributed by atoms with Crippen molar-refractivity contribution < 1.29 is 4.79 Å². The second-order valence-corrected chi connectivity index (χ2v) is 11.5. The fraction of sp³-hybridized carbons (Fsp3) is 0.312. The van der Waals surface area contributed by atoms with Crippen LogP contribution in [0.1, 0.15) is 51.3 Å². The van der Waals surface area contributed by atoms with E-state index in [4.69, 9.17) is 16.6 Å². The van der Waals surface area contributed by atoms with E-state index in [1.807, 2.05) is 61.4 Å². The first-order valence-electron chi connectivity index (χ1n) is 14.5. The topological polar surface area (TPSA) is 113 Å². The van der Waals surface area contributed by atoms with Crippen LogP contribution in [0.5, 0.6) is 0 Å². The monoisotopic (exact) mass is 596 g/mol. The molecule has 0 radical (unpaired) electrons. The number of aryl methyl sites for hydroxylation is 2. The van der Waals surface area contributed by atoms with E-state index in [9.17, 15) is 9.59 Å². The van der Waals surface area contributed by atoms with Crippen molar-refractivity contribution in [2.24, 2.45) is 13.0 Å². The predicted molar refractivity (Wildman–Crippen MR) is 167 cm³/mol. The molecule has 0 spiro atoms. The first kappa shape index (κ1) is 28.5. The summed E-state index contributed by atoms with van der Waals surface area (Å²) in [5.41, 5.74) is 5.94. The molecule has 0 saturated heterocycles. The first-order chi connectivity index (χ1) is 20.8. The van der Waals surface area contributed by atoms with Gasteiger partial charge in [0, 0.05) is 59.7 Å². The molecule has 0 unspecified atom stereocenters. The molecule has 0 saturated carbocycles. The maximum absolute atomic E-state index is 13.8. The second kappa shape index (κ2) is 12.0. The van der Waals surface area contributed by atoms with Gasteiger partial charge < -0.3 is 5.32 Å². The minimum Gasteiger partial charge on any atom is -0.323 e. The lowest BCUT2D eigenvalue weighted by molar-refractivity contribution is -0.119. The fourth-order valence-corrected chi connectivity index (χ4v) is 5.88. The zero-order valence-electron chi connectivity index (χ0n) is 24.4. The highest BCUT2D eigenvalue weighted by Crippen LogP contribution is 2.34. The third-order valence-corrected chi connectivity index (χ3v) is 8.22. The van der Waals surface area contributed by atoms with Crippen LogP contribution in [-0.2, 0) is 18.4 Å². The van der Waals surface area contributed by atoms with Crippen LogP contribution < -0.4 is 10.9 Å². The van der Waals surface area contributed by atoms with Gasteiger partial charge in [-0.3, -0.25) is 28.5 Å². The zero-order valence-corrected chi connectivity index (χ0v) is 25.1. The second-order valence-electron chi connectivity index (χ2n) is 11.0. The summed E-state index contributed by atoms with van der Waals surface area (Å²) in [7, 11) is 1.84. The Bertz CT molecular complexity index is 1860. The summed E-state index contributed by atoms with van der Waals surface area (Å²) >= 11 is 6.41. The molecule has 1 N–H and O–H groups in total. The molecule has 0 fully saturated rings. The van der Waals surface area contributed by atoms with Crippen molar-refractivity contribution in [3.05, 3.63) is 88.6 Å². The van der Waals surface area contributed by atoms with E-state index in [-0.39, 0.29) is 23.4 Å². The molecule has 1 amide bonds. The molecule has 2 atom stereocenters. The Labute approximate surface area is 254 Å². The summed E-state index contributed by atoms with van der Waals surface area (Å²) in [4.78, 5) is 36.2. The lowest BCUT2D eigenvalue weighted by atomic mass is 9.96. The van der Waals surface area contributed by atoms with E-state index >= 15 is 0 Å². The summed E-state index contributed by atoms with van der Waals surface area (Å²) in [5.74, 6) is -0.263. The third kappa shape index (κ3) is 5.75. The molecule has 2 bridgehead atoms. The number of aromatic nitrogens is 7. The molecule has 1 aromatic carbocycles. The molecule has 11 heteroatoms. The third-order valence-electron chi connectivity index (χ3n) is 7.98. The quantitative estimate of drug-likeness (QED) is 0.267. The van der Waals surface area contributed by atoms with Crippen LogP contribution in [0.15, 0.2) is 72.3 Å². The summed E-state index contributed by atoms with van der Waals surface area (Å²) in [6.07, 6.45) is 11.8. The van der Waals surface area contributed by atoms with Gasteiger partial charge in [0.15, 0.2) is 0 Å². The fourth-order valence-electron chi connectivity index (χ4n) is 5.71. The zero-order chi connectivity index (χ0) is 30.1. The van der Waals surface area contributed by atoms with E-state index in [2.05, 4.69) is 27.4 Å². The number of carbonyl (C=O) groups excluding carboxylic acids is 1. The Morgan fingerprint density at radius 2 is 1.86 bits per heavy atom. The van der Waals surface area contributed by atoms with E-state index in [1.54, 1.807) is 34.0 Å². The summed E-state index contributed by atoms with van der Waals surface area (Å²) in [6, 6.07) is 10.6.